The minimum atomic E-state index is 0.662. The molecule has 0 saturated carbocycles. The van der Waals surface area contributed by atoms with E-state index in [9.17, 15) is 0 Å². The van der Waals surface area contributed by atoms with E-state index >= 15 is 0 Å². The average Bonchev–Trinajstić information content (AvgIpc) is 3.85. The normalized spacial score (nSPS) is 11.6. The van der Waals surface area contributed by atoms with Gasteiger partial charge in [-0.2, -0.15) is 0 Å². The molecule has 0 N–H and O–H groups in total. The fourth-order valence-electron chi connectivity index (χ4n) is 8.00. The Labute approximate surface area is 323 Å². The van der Waals surface area contributed by atoms with E-state index in [1.165, 1.54) is 0 Å². The maximum atomic E-state index is 6.55. The molecule has 11 aromatic rings. The number of benzene rings is 8. The van der Waals surface area contributed by atoms with Crippen molar-refractivity contribution in [3.63, 3.8) is 0 Å². The largest absolute Gasteiger partial charge is 0.456 e. The van der Waals surface area contributed by atoms with Crippen LogP contribution in [0.3, 0.4) is 0 Å². The van der Waals surface area contributed by atoms with Crippen LogP contribution in [0.4, 0.5) is 0 Å². The van der Waals surface area contributed by atoms with Crippen LogP contribution >= 0.6 is 0 Å². The molecule has 0 aliphatic heterocycles. The van der Waals surface area contributed by atoms with Crippen LogP contribution in [-0.2, 0) is 0 Å². The summed E-state index contributed by atoms with van der Waals surface area (Å²) in [5.41, 5.74) is 14.6. The summed E-state index contributed by atoms with van der Waals surface area (Å²) in [6.07, 6.45) is 0. The van der Waals surface area contributed by atoms with E-state index in [1.54, 1.807) is 0 Å². The van der Waals surface area contributed by atoms with Crippen LogP contribution in [0.25, 0.3) is 111 Å². The number of hydrogen-bond acceptors (Lipinski definition) is 4. The van der Waals surface area contributed by atoms with Crippen molar-refractivity contribution in [3.05, 3.63) is 194 Å². The van der Waals surface area contributed by atoms with Gasteiger partial charge in [0.25, 0.3) is 0 Å². The minimum Gasteiger partial charge on any atom is -0.456 e. The summed E-state index contributed by atoms with van der Waals surface area (Å²) in [5, 5.41) is 4.39. The molecule has 0 bridgehead atoms. The third-order valence-electron chi connectivity index (χ3n) is 10.7. The Morgan fingerprint density at radius 3 is 1.66 bits per heavy atom. The molecule has 3 heterocycles. The Balaban J connectivity index is 1.13. The zero-order valence-electron chi connectivity index (χ0n) is 30.2. The lowest BCUT2D eigenvalue weighted by Gasteiger charge is -2.15. The Morgan fingerprint density at radius 2 is 0.857 bits per heavy atom. The smallest absolute Gasteiger partial charge is 0.160 e. The van der Waals surface area contributed by atoms with Gasteiger partial charge in [0.2, 0.25) is 0 Å². The molecular weight excluding hydrogens is 685 g/mol. The highest BCUT2D eigenvalue weighted by molar-refractivity contribution is 6.10. The van der Waals surface area contributed by atoms with E-state index in [0.29, 0.717) is 5.82 Å². The van der Waals surface area contributed by atoms with Crippen LogP contribution < -0.4 is 0 Å². The molecule has 0 amide bonds. The van der Waals surface area contributed by atoms with E-state index in [0.717, 1.165) is 105 Å². The fourth-order valence-corrected chi connectivity index (χ4v) is 8.00. The third kappa shape index (κ3) is 5.47. The SMILES string of the molecule is c1ccc(-c2cc(-c3cc(-c4ccccc4-c4ccc5oc6ccccc6c5c4)nc(-c4ccccc4)n3)cc(-c3cccc4c3oc3ccccc34)c2)cc1. The van der Waals surface area contributed by atoms with Gasteiger partial charge in [-0.05, 0) is 76.3 Å². The number of nitrogens with zero attached hydrogens (tertiary/aromatic N) is 2. The second-order valence-corrected chi connectivity index (χ2v) is 14.1. The zero-order valence-corrected chi connectivity index (χ0v) is 30.2. The van der Waals surface area contributed by atoms with Crippen molar-refractivity contribution in [2.75, 3.05) is 0 Å². The van der Waals surface area contributed by atoms with Crippen molar-refractivity contribution in [1.82, 2.24) is 9.97 Å². The minimum absolute atomic E-state index is 0.662. The quantitative estimate of drug-likeness (QED) is 0.172. The fraction of sp³-hybridized carbons (Fsp3) is 0. The highest BCUT2D eigenvalue weighted by Gasteiger charge is 2.18. The van der Waals surface area contributed by atoms with Gasteiger partial charge in [0.1, 0.15) is 22.3 Å². The molecule has 0 spiro atoms. The first kappa shape index (κ1) is 31.9. The number of furan rings is 2. The lowest BCUT2D eigenvalue weighted by atomic mass is 9.93. The van der Waals surface area contributed by atoms with E-state index < -0.39 is 0 Å². The molecule has 0 saturated heterocycles. The van der Waals surface area contributed by atoms with Crippen molar-refractivity contribution in [2.24, 2.45) is 0 Å². The number of hydrogen-bond donors (Lipinski definition) is 0. The number of aromatic nitrogens is 2. The second kappa shape index (κ2) is 13.1. The Kier molecular flexibility index (Phi) is 7.46. The molecule has 0 radical (unpaired) electrons. The Morgan fingerprint density at radius 1 is 0.286 bits per heavy atom. The van der Waals surface area contributed by atoms with E-state index in [-0.39, 0.29) is 0 Å². The molecule has 4 heteroatoms. The van der Waals surface area contributed by atoms with Crippen molar-refractivity contribution >= 4 is 43.9 Å². The van der Waals surface area contributed by atoms with E-state index in [2.05, 4.69) is 152 Å². The molecule has 8 aromatic carbocycles. The van der Waals surface area contributed by atoms with E-state index in [1.807, 2.05) is 42.5 Å². The molecule has 11 rings (SSSR count). The highest BCUT2D eigenvalue weighted by Crippen LogP contribution is 2.41. The van der Waals surface area contributed by atoms with Gasteiger partial charge >= 0.3 is 0 Å². The summed E-state index contributed by atoms with van der Waals surface area (Å²) in [6, 6.07) is 67.4. The van der Waals surface area contributed by atoms with Gasteiger partial charge in [-0.25, -0.2) is 9.97 Å². The van der Waals surface area contributed by atoms with Crippen LogP contribution in [0.1, 0.15) is 0 Å². The van der Waals surface area contributed by atoms with Crippen LogP contribution in [0.5, 0.6) is 0 Å². The average molecular weight is 717 g/mol. The zero-order chi connectivity index (χ0) is 37.0. The Hall–Kier alpha value is -7.56. The molecule has 0 fully saturated rings. The summed E-state index contributed by atoms with van der Waals surface area (Å²) >= 11 is 0. The third-order valence-corrected chi connectivity index (χ3v) is 10.7. The van der Waals surface area contributed by atoms with Crippen LogP contribution in [-0.4, -0.2) is 9.97 Å². The summed E-state index contributed by atoms with van der Waals surface area (Å²) in [4.78, 5) is 10.6. The van der Waals surface area contributed by atoms with Gasteiger partial charge < -0.3 is 8.83 Å². The van der Waals surface area contributed by atoms with Gasteiger partial charge in [0.15, 0.2) is 5.82 Å². The summed E-state index contributed by atoms with van der Waals surface area (Å²) in [6.45, 7) is 0. The number of rotatable bonds is 6. The molecule has 3 aromatic heterocycles. The number of para-hydroxylation sites is 3. The highest BCUT2D eigenvalue weighted by atomic mass is 16.3. The molecule has 0 aliphatic carbocycles. The van der Waals surface area contributed by atoms with Gasteiger partial charge in [0.05, 0.1) is 11.4 Å². The topological polar surface area (TPSA) is 52.1 Å². The summed E-state index contributed by atoms with van der Waals surface area (Å²) in [7, 11) is 0. The van der Waals surface area contributed by atoms with Gasteiger partial charge in [-0.15, -0.1) is 0 Å². The predicted molar refractivity (Wildman–Crippen MR) is 229 cm³/mol. The lowest BCUT2D eigenvalue weighted by Crippen LogP contribution is -1.97. The number of fused-ring (bicyclic) bond motifs is 6. The first-order valence-electron chi connectivity index (χ1n) is 18.8. The van der Waals surface area contributed by atoms with Gasteiger partial charge in [-0.3, -0.25) is 0 Å². The standard InChI is InChI=1S/C52H32N2O2/c1-3-14-33(15-4-1)36-28-37(40-22-13-23-44-42-20-9-12-25-49(42)56-51(40)44)30-38(29-36)46-32-47(54-52(53-46)34-16-5-2-6-17-34)41-19-8-7-18-39(41)35-26-27-50-45(31-35)43-21-10-11-24-48(43)55-50/h1-32H. The lowest BCUT2D eigenvalue weighted by molar-refractivity contribution is 0.669. The van der Waals surface area contributed by atoms with Crippen molar-refractivity contribution in [1.29, 1.82) is 0 Å². The van der Waals surface area contributed by atoms with Crippen LogP contribution in [0.15, 0.2) is 203 Å². The molecule has 262 valence electrons. The van der Waals surface area contributed by atoms with Gasteiger partial charge in [0, 0.05) is 43.8 Å². The first-order chi connectivity index (χ1) is 27.7. The van der Waals surface area contributed by atoms with Crippen LogP contribution in [0, 0.1) is 0 Å². The Bertz CT molecular complexity index is 3250. The molecule has 0 unspecified atom stereocenters. The maximum absolute atomic E-state index is 6.55. The summed E-state index contributed by atoms with van der Waals surface area (Å²) in [5.74, 6) is 0.662. The molecule has 4 nitrogen and oxygen atoms in total. The van der Waals surface area contributed by atoms with Crippen LogP contribution in [0.2, 0.25) is 0 Å². The maximum Gasteiger partial charge on any atom is 0.160 e. The second-order valence-electron chi connectivity index (χ2n) is 14.1. The molecule has 0 aliphatic rings. The van der Waals surface area contributed by atoms with E-state index in [4.69, 9.17) is 18.8 Å². The van der Waals surface area contributed by atoms with Crippen molar-refractivity contribution in [2.45, 2.75) is 0 Å². The van der Waals surface area contributed by atoms with Crippen molar-refractivity contribution in [3.8, 4) is 67.3 Å². The van der Waals surface area contributed by atoms with Gasteiger partial charge in [-0.1, -0.05) is 146 Å². The molecule has 56 heavy (non-hydrogen) atoms. The molecule has 0 atom stereocenters. The first-order valence-corrected chi connectivity index (χ1v) is 18.8. The monoisotopic (exact) mass is 716 g/mol. The molecular formula is C52H32N2O2. The van der Waals surface area contributed by atoms with Crippen molar-refractivity contribution < 1.29 is 8.83 Å². The summed E-state index contributed by atoms with van der Waals surface area (Å²) < 4.78 is 12.7. The predicted octanol–water partition coefficient (Wildman–Crippen LogP) is 14.3.